The van der Waals surface area contributed by atoms with Gasteiger partial charge in [-0.25, -0.2) is 14.8 Å². The van der Waals surface area contributed by atoms with Gasteiger partial charge in [0, 0.05) is 55.7 Å². The molecule has 0 spiro atoms. The van der Waals surface area contributed by atoms with E-state index >= 15 is 0 Å². The summed E-state index contributed by atoms with van der Waals surface area (Å²) < 4.78 is 9.01. The van der Waals surface area contributed by atoms with Crippen molar-refractivity contribution in [3.05, 3.63) is 46.6 Å². The number of hydrogen-bond donors (Lipinski definition) is 1. The molecule has 3 aromatic heterocycles. The molecule has 1 unspecified atom stereocenters. The van der Waals surface area contributed by atoms with Gasteiger partial charge in [-0.1, -0.05) is 0 Å². The number of pyridine rings is 1. The predicted molar refractivity (Wildman–Crippen MR) is 143 cm³/mol. The van der Waals surface area contributed by atoms with Crippen LogP contribution in [0.3, 0.4) is 0 Å². The van der Waals surface area contributed by atoms with Crippen LogP contribution in [0.2, 0.25) is 0 Å². The molecule has 1 N–H and O–H groups in total. The molecule has 2 fully saturated rings. The fourth-order valence-electron chi connectivity index (χ4n) is 6.04. The zero-order valence-electron chi connectivity index (χ0n) is 22.3. The molecule has 1 aliphatic heterocycles. The van der Waals surface area contributed by atoms with Gasteiger partial charge in [-0.05, 0) is 64.5 Å². The zero-order valence-corrected chi connectivity index (χ0v) is 22.3. The maximum absolute atomic E-state index is 13.3. The molecule has 4 heterocycles. The fourth-order valence-corrected chi connectivity index (χ4v) is 6.04. The van der Waals surface area contributed by atoms with Crippen molar-refractivity contribution in [2.24, 2.45) is 18.9 Å². The van der Waals surface area contributed by atoms with Crippen LogP contribution >= 0.6 is 0 Å². The van der Waals surface area contributed by atoms with Gasteiger partial charge in [0.25, 0.3) is 5.56 Å². The van der Waals surface area contributed by atoms with E-state index < -0.39 is 5.60 Å². The van der Waals surface area contributed by atoms with Crippen LogP contribution in [-0.4, -0.2) is 58.6 Å². The molecular weight excluding hydrogens is 484 g/mol. The number of phenolic OH excluding ortho intramolecular Hbond substituents is 1. The Bertz CT molecular complexity index is 1650. The van der Waals surface area contributed by atoms with Crippen LogP contribution in [0.25, 0.3) is 33.2 Å². The second kappa shape index (κ2) is 8.54. The number of likely N-dealkylation sites (tertiary alicyclic amines) is 1. The minimum atomic E-state index is -0.512. The lowest BCUT2D eigenvalue weighted by Crippen LogP contribution is -2.43. The molecule has 1 amide bonds. The van der Waals surface area contributed by atoms with Gasteiger partial charge in [0.05, 0.1) is 22.0 Å². The van der Waals surface area contributed by atoms with E-state index in [9.17, 15) is 14.7 Å². The second-order valence-electron chi connectivity index (χ2n) is 11.7. The summed E-state index contributed by atoms with van der Waals surface area (Å²) >= 11 is 0. The van der Waals surface area contributed by atoms with Crippen LogP contribution in [0.1, 0.15) is 39.2 Å². The molecule has 0 radical (unpaired) electrons. The summed E-state index contributed by atoms with van der Waals surface area (Å²) in [6.07, 6.45) is 6.77. The molecule has 2 bridgehead atoms. The molecule has 4 aromatic rings. The largest absolute Gasteiger partial charge is 0.507 e. The normalized spacial score (nSPS) is 21.1. The number of piperidine rings is 1. The molecule has 3 atom stereocenters. The molecule has 198 valence electrons. The third-order valence-electron chi connectivity index (χ3n) is 7.83. The second-order valence-corrected chi connectivity index (χ2v) is 11.7. The molecule has 1 aromatic carbocycles. The number of rotatable bonds is 3. The van der Waals surface area contributed by atoms with E-state index in [0.717, 1.165) is 23.7 Å². The molecule has 10 nitrogen and oxygen atoms in total. The molecular formula is C28H32N6O4. The zero-order chi connectivity index (χ0) is 26.9. The van der Waals surface area contributed by atoms with E-state index in [-0.39, 0.29) is 23.4 Å². The van der Waals surface area contributed by atoms with Crippen molar-refractivity contribution < 1.29 is 14.6 Å². The summed E-state index contributed by atoms with van der Waals surface area (Å²) in [5, 5.41) is 16.6. The number of phenols is 1. The Kier molecular flexibility index (Phi) is 5.48. The van der Waals surface area contributed by atoms with Crippen LogP contribution in [-0.2, 0) is 18.3 Å². The van der Waals surface area contributed by atoms with Crippen molar-refractivity contribution in [1.82, 2.24) is 29.2 Å². The maximum atomic E-state index is 13.3. The highest BCUT2D eigenvalue weighted by Gasteiger charge is 2.47. The summed E-state index contributed by atoms with van der Waals surface area (Å²) in [6.45, 7) is 8.72. The van der Waals surface area contributed by atoms with Crippen molar-refractivity contribution in [2.75, 3.05) is 6.54 Å². The first-order valence-corrected chi connectivity index (χ1v) is 13.0. The van der Waals surface area contributed by atoms with Crippen LogP contribution < -0.4 is 5.56 Å². The highest BCUT2D eigenvalue weighted by Crippen LogP contribution is 2.43. The summed E-state index contributed by atoms with van der Waals surface area (Å²) in [6, 6.07) is 3.81. The van der Waals surface area contributed by atoms with Gasteiger partial charge in [0.2, 0.25) is 0 Å². The molecule has 6 rings (SSSR count). The van der Waals surface area contributed by atoms with Crippen molar-refractivity contribution in [3.8, 4) is 17.1 Å². The molecule has 38 heavy (non-hydrogen) atoms. The van der Waals surface area contributed by atoms with Crippen LogP contribution in [0.4, 0.5) is 4.79 Å². The minimum absolute atomic E-state index is 0.0839. The van der Waals surface area contributed by atoms with Gasteiger partial charge in [0.1, 0.15) is 11.4 Å². The highest BCUT2D eigenvalue weighted by atomic mass is 16.6. The van der Waals surface area contributed by atoms with E-state index in [1.165, 1.54) is 0 Å². The topological polar surface area (TPSA) is 115 Å². The molecule has 2 aliphatic rings. The predicted octanol–water partition coefficient (Wildman–Crippen LogP) is 4.00. The average Bonchev–Trinajstić information content (AvgIpc) is 3.55. The first-order chi connectivity index (χ1) is 18.0. The monoisotopic (exact) mass is 516 g/mol. The lowest BCUT2D eigenvalue weighted by molar-refractivity contribution is 0.0156. The Morgan fingerprint density at radius 1 is 1.26 bits per heavy atom. The molecule has 10 heteroatoms. The van der Waals surface area contributed by atoms with Gasteiger partial charge in [-0.15, -0.1) is 0 Å². The smallest absolute Gasteiger partial charge is 0.410 e. The van der Waals surface area contributed by atoms with Crippen LogP contribution in [0.15, 0.2) is 35.5 Å². The number of carbonyl (C=O) groups excluding carboxylic acids is 1. The lowest BCUT2D eigenvalue weighted by Gasteiger charge is -2.33. The highest BCUT2D eigenvalue weighted by molar-refractivity contribution is 5.90. The lowest BCUT2D eigenvalue weighted by atomic mass is 9.94. The van der Waals surface area contributed by atoms with Crippen LogP contribution in [0, 0.1) is 18.8 Å². The van der Waals surface area contributed by atoms with Gasteiger partial charge in [0.15, 0.2) is 5.82 Å². The van der Waals surface area contributed by atoms with Gasteiger partial charge >= 0.3 is 6.09 Å². The summed E-state index contributed by atoms with van der Waals surface area (Å²) in [7, 11) is 1.83. The van der Waals surface area contributed by atoms with E-state index in [2.05, 4.69) is 15.1 Å². The van der Waals surface area contributed by atoms with Gasteiger partial charge < -0.3 is 19.3 Å². The molecule has 1 saturated carbocycles. The molecule has 1 aliphatic carbocycles. The van der Waals surface area contributed by atoms with Crippen molar-refractivity contribution >= 4 is 27.9 Å². The van der Waals surface area contributed by atoms with E-state index in [1.807, 2.05) is 58.0 Å². The first kappa shape index (κ1) is 24.4. The minimum Gasteiger partial charge on any atom is -0.507 e. The number of aromatic nitrogens is 5. The number of aryl methyl sites for hydroxylation is 2. The Morgan fingerprint density at radius 2 is 2.05 bits per heavy atom. The number of aromatic hydroxyl groups is 1. The number of ether oxygens (including phenoxy) is 1. The maximum Gasteiger partial charge on any atom is 0.410 e. The SMILES string of the molecule is Cc1c(O)c(-c2ncc3c(=O)n(C[C@H]4CC5C[C@H]4CN5C(=O)OC(C)(C)C)ccc3n2)cc2cn(C)nc12. The first-order valence-electron chi connectivity index (χ1n) is 13.0. The Morgan fingerprint density at radius 3 is 2.76 bits per heavy atom. The summed E-state index contributed by atoms with van der Waals surface area (Å²) in [5.41, 5.74) is 1.78. The Hall–Kier alpha value is -3.95. The third kappa shape index (κ3) is 4.08. The van der Waals surface area contributed by atoms with Gasteiger partial charge in [-0.2, -0.15) is 5.10 Å². The van der Waals surface area contributed by atoms with Crippen molar-refractivity contribution in [1.29, 1.82) is 0 Å². The van der Waals surface area contributed by atoms with E-state index in [4.69, 9.17) is 4.74 Å². The van der Waals surface area contributed by atoms with Gasteiger partial charge in [-0.3, -0.25) is 9.48 Å². The van der Waals surface area contributed by atoms with E-state index in [0.29, 0.717) is 52.8 Å². The fraction of sp³-hybridized carbons (Fsp3) is 0.464. The third-order valence-corrected chi connectivity index (χ3v) is 7.83. The number of amides is 1. The summed E-state index contributed by atoms with van der Waals surface area (Å²) in [5.74, 6) is 1.11. The quantitative estimate of drug-likeness (QED) is 0.438. The Labute approximate surface area is 219 Å². The number of fused-ring (bicyclic) bond motifs is 4. The summed E-state index contributed by atoms with van der Waals surface area (Å²) in [4.78, 5) is 36.8. The number of carbonyl (C=O) groups is 1. The van der Waals surface area contributed by atoms with Crippen molar-refractivity contribution in [3.63, 3.8) is 0 Å². The Balaban J connectivity index is 1.23. The van der Waals surface area contributed by atoms with Crippen molar-refractivity contribution in [2.45, 2.75) is 58.7 Å². The molecule has 1 saturated heterocycles. The standard InChI is InChI=1S/C28H32N6O4/c1-15-23-18(12-32(5)31-23)10-20(24(15)35)25-29-11-21-22(30-25)6-7-33(26(21)36)13-16-8-19-9-17(16)14-34(19)27(37)38-28(2,3)4/h6-7,10-12,16-17,19,35H,8-9,13-14H2,1-5H3/t16-,17+,19?/m1/s1. The van der Waals surface area contributed by atoms with Crippen LogP contribution in [0.5, 0.6) is 5.75 Å². The average molecular weight is 517 g/mol. The van der Waals surface area contributed by atoms with E-state index in [1.54, 1.807) is 21.6 Å². The number of nitrogens with zero attached hydrogens (tertiary/aromatic N) is 6. The number of benzene rings is 1. The number of hydrogen-bond acceptors (Lipinski definition) is 7.